The van der Waals surface area contributed by atoms with Crippen molar-refractivity contribution in [1.82, 2.24) is 10.3 Å². The summed E-state index contributed by atoms with van der Waals surface area (Å²) in [6, 6.07) is 0. The normalized spacial score (nSPS) is 21.7. The first-order chi connectivity index (χ1) is 7.75. The first kappa shape index (κ1) is 13.3. The van der Waals surface area contributed by atoms with Crippen molar-refractivity contribution in [3.8, 4) is 0 Å². The van der Waals surface area contributed by atoms with Crippen molar-refractivity contribution in [2.45, 2.75) is 51.5 Å². The van der Waals surface area contributed by atoms with Crippen LogP contribution in [0.2, 0.25) is 0 Å². The van der Waals surface area contributed by atoms with E-state index < -0.39 is 0 Å². The molecule has 2 fully saturated rings. The predicted octanol–water partition coefficient (Wildman–Crippen LogP) is 3.72. The molecule has 96 valence electrons. The monoisotopic (exact) mass is 272 g/mol. The standard InChI is InChI=1S/C13H20N2S.ClH/c1-13(5-2-6-13)9-14-7-11-8-16-12(15-11)10-3-4-10;/h8,10,14H,2-7,9H2,1H3;1H. The maximum absolute atomic E-state index is 4.69. The summed E-state index contributed by atoms with van der Waals surface area (Å²) in [5, 5.41) is 7.15. The molecule has 17 heavy (non-hydrogen) atoms. The second kappa shape index (κ2) is 5.25. The number of hydrogen-bond acceptors (Lipinski definition) is 3. The molecule has 2 aliphatic carbocycles. The van der Waals surface area contributed by atoms with Gasteiger partial charge in [-0.1, -0.05) is 13.3 Å². The Morgan fingerprint density at radius 2 is 2.24 bits per heavy atom. The molecular weight excluding hydrogens is 252 g/mol. The molecule has 2 aliphatic rings. The zero-order valence-electron chi connectivity index (χ0n) is 10.4. The summed E-state index contributed by atoms with van der Waals surface area (Å²) in [4.78, 5) is 4.69. The molecular formula is C13H21ClN2S. The van der Waals surface area contributed by atoms with Crippen LogP contribution in [0, 0.1) is 5.41 Å². The third-order valence-corrected chi connectivity index (χ3v) is 4.97. The lowest BCUT2D eigenvalue weighted by Crippen LogP contribution is -2.37. The first-order valence-corrected chi connectivity index (χ1v) is 7.28. The molecule has 1 heterocycles. The maximum atomic E-state index is 4.69. The van der Waals surface area contributed by atoms with Gasteiger partial charge in [0.15, 0.2) is 0 Å². The summed E-state index contributed by atoms with van der Waals surface area (Å²) in [6.45, 7) is 4.50. The second-order valence-electron chi connectivity index (χ2n) is 5.72. The van der Waals surface area contributed by atoms with Crippen LogP contribution in [0.1, 0.15) is 55.6 Å². The minimum atomic E-state index is 0. The van der Waals surface area contributed by atoms with E-state index in [9.17, 15) is 0 Å². The fraction of sp³-hybridized carbons (Fsp3) is 0.769. The highest BCUT2D eigenvalue weighted by atomic mass is 35.5. The minimum absolute atomic E-state index is 0. The molecule has 0 amide bonds. The summed E-state index contributed by atoms with van der Waals surface area (Å²) >= 11 is 1.85. The fourth-order valence-corrected chi connectivity index (χ4v) is 3.36. The molecule has 0 radical (unpaired) electrons. The van der Waals surface area contributed by atoms with Gasteiger partial charge in [-0.25, -0.2) is 4.98 Å². The van der Waals surface area contributed by atoms with Crippen LogP contribution in [0.25, 0.3) is 0 Å². The third kappa shape index (κ3) is 3.21. The molecule has 2 nitrogen and oxygen atoms in total. The lowest BCUT2D eigenvalue weighted by atomic mass is 9.70. The van der Waals surface area contributed by atoms with Crippen LogP contribution in [-0.2, 0) is 6.54 Å². The van der Waals surface area contributed by atoms with Gasteiger partial charge in [-0.15, -0.1) is 23.7 Å². The van der Waals surface area contributed by atoms with Crippen LogP contribution in [-0.4, -0.2) is 11.5 Å². The lowest BCUT2D eigenvalue weighted by Gasteiger charge is -2.38. The Hall–Kier alpha value is -0.120. The van der Waals surface area contributed by atoms with Crippen molar-refractivity contribution >= 4 is 23.7 Å². The van der Waals surface area contributed by atoms with Crippen molar-refractivity contribution in [2.75, 3.05) is 6.54 Å². The molecule has 0 atom stereocenters. The second-order valence-corrected chi connectivity index (χ2v) is 6.61. The maximum Gasteiger partial charge on any atom is 0.0959 e. The van der Waals surface area contributed by atoms with Crippen molar-refractivity contribution in [3.63, 3.8) is 0 Å². The van der Waals surface area contributed by atoms with E-state index in [4.69, 9.17) is 4.98 Å². The van der Waals surface area contributed by atoms with Crippen LogP contribution in [0.5, 0.6) is 0 Å². The van der Waals surface area contributed by atoms with Gasteiger partial charge in [0.1, 0.15) is 0 Å². The van der Waals surface area contributed by atoms with Crippen molar-refractivity contribution < 1.29 is 0 Å². The average molecular weight is 273 g/mol. The number of hydrogen-bond donors (Lipinski definition) is 1. The average Bonchev–Trinajstić information content (AvgIpc) is 2.97. The topological polar surface area (TPSA) is 24.9 Å². The number of rotatable bonds is 5. The molecule has 0 bridgehead atoms. The van der Waals surface area contributed by atoms with E-state index in [1.807, 2.05) is 11.3 Å². The van der Waals surface area contributed by atoms with Gasteiger partial charge in [0.25, 0.3) is 0 Å². The Balaban J connectivity index is 0.00000108. The zero-order valence-corrected chi connectivity index (χ0v) is 12.0. The molecule has 0 aromatic carbocycles. The first-order valence-electron chi connectivity index (χ1n) is 6.40. The van der Waals surface area contributed by atoms with Crippen LogP contribution >= 0.6 is 23.7 Å². The van der Waals surface area contributed by atoms with Crippen LogP contribution in [0.4, 0.5) is 0 Å². The number of thiazole rings is 1. The number of nitrogens with one attached hydrogen (secondary N) is 1. The van der Waals surface area contributed by atoms with Crippen molar-refractivity contribution in [2.24, 2.45) is 5.41 Å². The van der Waals surface area contributed by atoms with Gasteiger partial charge in [0.05, 0.1) is 10.7 Å². The minimum Gasteiger partial charge on any atom is -0.311 e. The SMILES string of the molecule is CC1(CNCc2csc(C3CC3)n2)CCC1.Cl. The van der Waals surface area contributed by atoms with E-state index in [1.165, 1.54) is 42.8 Å². The molecule has 1 N–H and O–H groups in total. The fourth-order valence-electron chi connectivity index (χ4n) is 2.37. The van der Waals surface area contributed by atoms with Gasteiger partial charge >= 0.3 is 0 Å². The summed E-state index contributed by atoms with van der Waals surface area (Å²) in [5.74, 6) is 0.808. The molecule has 0 spiro atoms. The van der Waals surface area contributed by atoms with Crippen molar-refractivity contribution in [1.29, 1.82) is 0 Å². The molecule has 0 aliphatic heterocycles. The smallest absolute Gasteiger partial charge is 0.0959 e. The van der Waals surface area contributed by atoms with Gasteiger partial charge in [-0.3, -0.25) is 0 Å². The zero-order chi connectivity index (χ0) is 11.0. The van der Waals surface area contributed by atoms with E-state index in [0.717, 1.165) is 19.0 Å². The molecule has 0 unspecified atom stereocenters. The number of halogens is 1. The highest BCUT2D eigenvalue weighted by molar-refractivity contribution is 7.09. The predicted molar refractivity (Wildman–Crippen MR) is 75.0 cm³/mol. The molecule has 3 rings (SSSR count). The Kier molecular flexibility index (Phi) is 4.11. The van der Waals surface area contributed by atoms with Crippen molar-refractivity contribution in [3.05, 3.63) is 16.1 Å². The van der Waals surface area contributed by atoms with Gasteiger partial charge in [-0.2, -0.15) is 0 Å². The molecule has 1 aromatic heterocycles. The Labute approximate surface area is 114 Å². The lowest BCUT2D eigenvalue weighted by molar-refractivity contribution is 0.156. The largest absolute Gasteiger partial charge is 0.311 e. The number of aromatic nitrogens is 1. The number of nitrogens with zero attached hydrogens (tertiary/aromatic N) is 1. The molecule has 1 aromatic rings. The van der Waals surface area contributed by atoms with Gasteiger partial charge in [-0.05, 0) is 31.1 Å². The van der Waals surface area contributed by atoms with Crippen LogP contribution in [0.15, 0.2) is 5.38 Å². The van der Waals surface area contributed by atoms with E-state index in [-0.39, 0.29) is 12.4 Å². The quantitative estimate of drug-likeness (QED) is 0.884. The highest BCUT2D eigenvalue weighted by Crippen LogP contribution is 2.41. The molecule has 2 saturated carbocycles. The Bertz CT molecular complexity index is 369. The van der Waals surface area contributed by atoms with E-state index in [1.54, 1.807) is 0 Å². The highest BCUT2D eigenvalue weighted by Gasteiger charge is 2.31. The third-order valence-electron chi connectivity index (χ3n) is 3.91. The van der Waals surface area contributed by atoms with E-state index in [0.29, 0.717) is 5.41 Å². The van der Waals surface area contributed by atoms with E-state index in [2.05, 4.69) is 17.6 Å². The summed E-state index contributed by atoms with van der Waals surface area (Å²) < 4.78 is 0. The van der Waals surface area contributed by atoms with Crippen LogP contribution < -0.4 is 5.32 Å². The van der Waals surface area contributed by atoms with Gasteiger partial charge in [0.2, 0.25) is 0 Å². The summed E-state index contributed by atoms with van der Waals surface area (Å²) in [6.07, 6.45) is 6.92. The summed E-state index contributed by atoms with van der Waals surface area (Å²) in [7, 11) is 0. The van der Waals surface area contributed by atoms with Crippen LogP contribution in [0.3, 0.4) is 0 Å². The Morgan fingerprint density at radius 3 is 2.82 bits per heavy atom. The molecule has 4 heteroatoms. The van der Waals surface area contributed by atoms with Gasteiger partial charge in [0, 0.05) is 24.4 Å². The summed E-state index contributed by atoms with van der Waals surface area (Å²) in [5.41, 5.74) is 1.82. The Morgan fingerprint density at radius 1 is 1.47 bits per heavy atom. The molecule has 0 saturated heterocycles. The van der Waals surface area contributed by atoms with E-state index >= 15 is 0 Å². The van der Waals surface area contributed by atoms with Gasteiger partial charge < -0.3 is 5.32 Å².